The van der Waals surface area contributed by atoms with Crippen LogP contribution >= 0.6 is 24.0 Å². The van der Waals surface area contributed by atoms with Crippen molar-refractivity contribution < 1.29 is 9.90 Å². The molecule has 4 nitrogen and oxygen atoms in total. The molecule has 2 heterocycles. The number of rotatable bonds is 3. The fraction of sp³-hybridized carbons (Fsp3) is 0.467. The van der Waals surface area contributed by atoms with Gasteiger partial charge in [-0.25, -0.2) is 0 Å². The molecular formula is C15H18N2O2S2. The average Bonchev–Trinajstić information content (AvgIpc) is 2.74. The third-order valence-corrected chi connectivity index (χ3v) is 5.37. The molecule has 0 saturated carbocycles. The number of anilines is 1. The summed E-state index contributed by atoms with van der Waals surface area (Å²) in [6.07, 6.45) is 3.72. The van der Waals surface area contributed by atoms with E-state index in [-0.39, 0.29) is 16.9 Å². The van der Waals surface area contributed by atoms with Crippen molar-refractivity contribution in [3.8, 4) is 5.75 Å². The molecule has 2 aliphatic heterocycles. The molecule has 0 aliphatic carbocycles. The number of carbonyl (C=O) groups is 1. The molecule has 21 heavy (non-hydrogen) atoms. The van der Waals surface area contributed by atoms with Crippen LogP contribution in [0.2, 0.25) is 0 Å². The Hall–Kier alpha value is -1.11. The Bertz CT molecular complexity index is 558. The van der Waals surface area contributed by atoms with Gasteiger partial charge in [0.2, 0.25) is 5.91 Å². The van der Waals surface area contributed by atoms with Crippen LogP contribution in [0, 0.1) is 0 Å². The monoisotopic (exact) mass is 322 g/mol. The number of carbonyl (C=O) groups excluding carboxylic acids is 1. The van der Waals surface area contributed by atoms with Crippen LogP contribution in [-0.4, -0.2) is 45.1 Å². The quantitative estimate of drug-likeness (QED) is 0.867. The summed E-state index contributed by atoms with van der Waals surface area (Å²) in [5.74, 6) is 0.175. The number of aromatic hydroxyl groups is 1. The normalized spacial score (nSPS) is 23.8. The van der Waals surface area contributed by atoms with Crippen molar-refractivity contribution in [1.29, 1.82) is 0 Å². The predicted octanol–water partition coefficient (Wildman–Crippen LogP) is 2.61. The zero-order chi connectivity index (χ0) is 14.8. The van der Waals surface area contributed by atoms with E-state index >= 15 is 0 Å². The van der Waals surface area contributed by atoms with Gasteiger partial charge in [-0.05, 0) is 38.1 Å². The molecule has 2 fully saturated rings. The zero-order valence-corrected chi connectivity index (χ0v) is 13.3. The number of thioether (sulfide) groups is 1. The first-order valence-corrected chi connectivity index (χ1v) is 8.50. The average molecular weight is 322 g/mol. The number of piperidine rings is 1. The van der Waals surface area contributed by atoms with Gasteiger partial charge in [-0.2, -0.15) is 0 Å². The minimum absolute atomic E-state index is 0.0289. The fourth-order valence-corrected chi connectivity index (χ4v) is 4.39. The van der Waals surface area contributed by atoms with Crippen molar-refractivity contribution in [3.63, 3.8) is 0 Å². The third-order valence-electron chi connectivity index (χ3n) is 3.88. The first-order chi connectivity index (χ1) is 10.1. The van der Waals surface area contributed by atoms with Crippen molar-refractivity contribution in [1.82, 2.24) is 4.90 Å². The van der Waals surface area contributed by atoms with Crippen LogP contribution in [0.15, 0.2) is 24.3 Å². The molecule has 1 atom stereocenters. The summed E-state index contributed by atoms with van der Waals surface area (Å²) < 4.78 is 0.576. The van der Waals surface area contributed by atoms with E-state index in [9.17, 15) is 9.90 Å². The molecule has 0 radical (unpaired) electrons. The van der Waals surface area contributed by atoms with Crippen molar-refractivity contribution in [2.45, 2.75) is 24.5 Å². The summed E-state index contributed by atoms with van der Waals surface area (Å²) in [7, 11) is 0. The molecule has 2 saturated heterocycles. The molecular weight excluding hydrogens is 304 g/mol. The highest BCUT2D eigenvalue weighted by Crippen LogP contribution is 2.34. The number of amides is 1. The highest BCUT2D eigenvalue weighted by atomic mass is 32.2. The third kappa shape index (κ3) is 3.22. The largest absolute Gasteiger partial charge is 0.508 e. The molecule has 6 heteroatoms. The minimum atomic E-state index is -0.127. The van der Waals surface area contributed by atoms with E-state index in [0.29, 0.717) is 10.0 Å². The number of hydrogen-bond acceptors (Lipinski definition) is 5. The Balaban J connectivity index is 1.72. The standard InChI is InChI=1S/C15H18N2O2S2/c18-12-6-4-5-11(9-12)17-14(19)13(21-15(17)20)10-16-7-2-1-3-8-16/h4-6,9,13,18H,1-3,7-8,10H2. The summed E-state index contributed by atoms with van der Waals surface area (Å²) in [5, 5.41) is 9.45. The molecule has 1 N–H and O–H groups in total. The van der Waals surface area contributed by atoms with Crippen molar-refractivity contribution in [2.24, 2.45) is 0 Å². The van der Waals surface area contributed by atoms with E-state index in [4.69, 9.17) is 12.2 Å². The van der Waals surface area contributed by atoms with Gasteiger partial charge in [-0.1, -0.05) is 36.5 Å². The van der Waals surface area contributed by atoms with Crippen LogP contribution in [0.25, 0.3) is 0 Å². The van der Waals surface area contributed by atoms with E-state index in [2.05, 4.69) is 4.90 Å². The second kappa shape index (κ2) is 6.34. The highest BCUT2D eigenvalue weighted by Gasteiger charge is 2.38. The van der Waals surface area contributed by atoms with E-state index in [0.717, 1.165) is 19.6 Å². The van der Waals surface area contributed by atoms with Crippen LogP contribution in [-0.2, 0) is 4.79 Å². The topological polar surface area (TPSA) is 43.8 Å². The van der Waals surface area contributed by atoms with Gasteiger partial charge in [0.15, 0.2) is 0 Å². The van der Waals surface area contributed by atoms with Gasteiger partial charge >= 0.3 is 0 Å². The highest BCUT2D eigenvalue weighted by molar-refractivity contribution is 8.25. The summed E-state index contributed by atoms with van der Waals surface area (Å²) in [6.45, 7) is 2.91. The molecule has 3 rings (SSSR count). The predicted molar refractivity (Wildman–Crippen MR) is 89.9 cm³/mol. The Morgan fingerprint density at radius 3 is 2.76 bits per heavy atom. The summed E-state index contributed by atoms with van der Waals surface area (Å²) >= 11 is 6.82. The van der Waals surface area contributed by atoms with Crippen LogP contribution in [0.3, 0.4) is 0 Å². The number of phenolic OH excluding ortho intramolecular Hbond substituents is 1. The Labute approximate surface area is 134 Å². The summed E-state index contributed by atoms with van der Waals surface area (Å²) in [5.41, 5.74) is 0.652. The number of nitrogens with zero attached hydrogens (tertiary/aromatic N) is 2. The summed E-state index contributed by atoms with van der Waals surface area (Å²) in [4.78, 5) is 16.5. The van der Waals surface area contributed by atoms with E-state index in [1.54, 1.807) is 29.2 Å². The van der Waals surface area contributed by atoms with Gasteiger partial charge in [0.05, 0.1) is 5.69 Å². The maximum Gasteiger partial charge on any atom is 0.247 e. The number of benzene rings is 1. The Morgan fingerprint density at radius 1 is 1.29 bits per heavy atom. The Kier molecular flexibility index (Phi) is 4.47. The lowest BCUT2D eigenvalue weighted by molar-refractivity contribution is -0.117. The fourth-order valence-electron chi connectivity index (χ4n) is 2.82. The van der Waals surface area contributed by atoms with Crippen LogP contribution < -0.4 is 4.90 Å². The molecule has 0 bridgehead atoms. The van der Waals surface area contributed by atoms with Gasteiger partial charge in [-0.3, -0.25) is 9.69 Å². The molecule has 1 unspecified atom stereocenters. The van der Waals surface area contributed by atoms with Gasteiger partial charge in [0.25, 0.3) is 0 Å². The van der Waals surface area contributed by atoms with Crippen molar-refractivity contribution in [3.05, 3.63) is 24.3 Å². The first kappa shape index (κ1) is 14.8. The van der Waals surface area contributed by atoms with E-state index in [1.165, 1.54) is 31.0 Å². The van der Waals surface area contributed by atoms with Crippen molar-refractivity contribution in [2.75, 3.05) is 24.5 Å². The van der Waals surface area contributed by atoms with E-state index < -0.39 is 0 Å². The lowest BCUT2D eigenvalue weighted by Gasteiger charge is -2.27. The minimum Gasteiger partial charge on any atom is -0.508 e. The number of phenols is 1. The Morgan fingerprint density at radius 2 is 2.05 bits per heavy atom. The maximum atomic E-state index is 12.6. The molecule has 1 aromatic carbocycles. The smallest absolute Gasteiger partial charge is 0.247 e. The molecule has 1 aromatic rings. The second-order valence-electron chi connectivity index (χ2n) is 5.43. The SMILES string of the molecule is O=C1C(CN2CCCCC2)SC(=S)N1c1cccc(O)c1. The maximum absolute atomic E-state index is 12.6. The molecule has 112 valence electrons. The van der Waals surface area contributed by atoms with Gasteiger partial charge in [0, 0.05) is 12.6 Å². The lowest BCUT2D eigenvalue weighted by Crippen LogP contribution is -2.40. The van der Waals surface area contributed by atoms with Crippen LogP contribution in [0.4, 0.5) is 5.69 Å². The number of likely N-dealkylation sites (tertiary alicyclic amines) is 1. The summed E-state index contributed by atoms with van der Waals surface area (Å²) in [6, 6.07) is 6.69. The lowest BCUT2D eigenvalue weighted by atomic mass is 10.1. The first-order valence-electron chi connectivity index (χ1n) is 7.21. The van der Waals surface area contributed by atoms with Gasteiger partial charge in [0.1, 0.15) is 15.3 Å². The van der Waals surface area contributed by atoms with Gasteiger partial charge in [-0.15, -0.1) is 0 Å². The van der Waals surface area contributed by atoms with E-state index in [1.807, 2.05) is 0 Å². The van der Waals surface area contributed by atoms with Crippen molar-refractivity contribution >= 4 is 39.9 Å². The molecule has 0 aromatic heterocycles. The molecule has 0 spiro atoms. The number of thiocarbonyl (C=S) groups is 1. The van der Waals surface area contributed by atoms with Crippen LogP contribution in [0.1, 0.15) is 19.3 Å². The van der Waals surface area contributed by atoms with Gasteiger partial charge < -0.3 is 10.0 Å². The molecule has 1 amide bonds. The van der Waals surface area contributed by atoms with Crippen LogP contribution in [0.5, 0.6) is 5.75 Å². The zero-order valence-electron chi connectivity index (χ0n) is 11.7. The second-order valence-corrected chi connectivity index (χ2v) is 7.26. The number of hydrogen-bond donors (Lipinski definition) is 1. The molecule has 2 aliphatic rings.